The van der Waals surface area contributed by atoms with Crippen molar-refractivity contribution in [3.8, 4) is 28.7 Å². The number of hydrogen-bond acceptors (Lipinski definition) is 6. The van der Waals surface area contributed by atoms with Gasteiger partial charge in [-0.1, -0.05) is 31.4 Å². The number of benzene rings is 2. The van der Waals surface area contributed by atoms with Crippen molar-refractivity contribution in [2.45, 2.75) is 50.7 Å². The number of rotatable bonds is 7. The summed E-state index contributed by atoms with van der Waals surface area (Å²) in [5.41, 5.74) is 0.235. The summed E-state index contributed by atoms with van der Waals surface area (Å²) in [6.45, 7) is 1.60. The first-order valence-corrected chi connectivity index (χ1v) is 10.2. The minimum atomic E-state index is -0.884. The number of carbonyl (C=O) groups is 1. The van der Waals surface area contributed by atoms with E-state index in [1.165, 1.54) is 18.2 Å². The largest absolute Gasteiger partial charge is 0.497 e. The molecule has 1 atom stereocenters. The van der Waals surface area contributed by atoms with Crippen LogP contribution >= 0.6 is 0 Å². The van der Waals surface area contributed by atoms with Crippen LogP contribution in [-0.2, 0) is 4.79 Å². The second kappa shape index (κ2) is 9.47. The van der Waals surface area contributed by atoms with Crippen molar-refractivity contribution in [3.63, 3.8) is 0 Å². The van der Waals surface area contributed by atoms with Gasteiger partial charge in [-0.15, -0.1) is 0 Å². The Morgan fingerprint density at radius 3 is 2.45 bits per heavy atom. The van der Waals surface area contributed by atoms with E-state index < -0.39 is 16.6 Å². The zero-order chi connectivity index (χ0) is 22.4. The molecule has 31 heavy (non-hydrogen) atoms. The van der Waals surface area contributed by atoms with E-state index in [1.54, 1.807) is 38.3 Å². The van der Waals surface area contributed by atoms with Gasteiger partial charge in [0.05, 0.1) is 18.1 Å². The molecule has 0 saturated heterocycles. The van der Waals surface area contributed by atoms with E-state index in [1.807, 2.05) is 0 Å². The van der Waals surface area contributed by atoms with Crippen molar-refractivity contribution >= 4 is 11.6 Å². The Balaban J connectivity index is 1.84. The van der Waals surface area contributed by atoms with Crippen molar-refractivity contribution in [1.29, 1.82) is 5.26 Å². The Bertz CT molecular complexity index is 991. The monoisotopic (exact) mass is 423 g/mol. The molecular weight excluding hydrogens is 398 g/mol. The molecule has 0 aromatic heterocycles. The van der Waals surface area contributed by atoms with E-state index >= 15 is 0 Å². The second-order valence-corrected chi connectivity index (χ2v) is 7.67. The summed E-state index contributed by atoms with van der Waals surface area (Å²) in [6, 6.07) is 13.5. The molecule has 1 saturated carbocycles. The Kier molecular flexibility index (Phi) is 6.75. The summed E-state index contributed by atoms with van der Waals surface area (Å²) < 4.78 is 11.1. The standard InChI is InChI=1S/C23H25N3O5/c1-16(22(27)25-23(15-24)12-4-3-5-13-23)31-21-11-8-18(26(28)29)14-20(21)17-6-9-19(30-2)10-7-17/h6-11,14,16H,3-5,12-13H2,1-2H3,(H,25,27)/t16-/m1/s1. The summed E-state index contributed by atoms with van der Waals surface area (Å²) in [5.74, 6) is 0.606. The molecule has 2 aromatic carbocycles. The molecule has 0 spiro atoms. The van der Waals surface area contributed by atoms with E-state index in [0.29, 0.717) is 35.5 Å². The number of carbonyl (C=O) groups excluding carboxylic acids is 1. The Morgan fingerprint density at radius 1 is 1.19 bits per heavy atom. The summed E-state index contributed by atoms with van der Waals surface area (Å²) >= 11 is 0. The number of non-ortho nitro benzene ring substituents is 1. The fourth-order valence-corrected chi connectivity index (χ4v) is 3.73. The van der Waals surface area contributed by atoms with E-state index in [9.17, 15) is 20.2 Å². The molecule has 1 aliphatic rings. The van der Waals surface area contributed by atoms with Gasteiger partial charge in [0.15, 0.2) is 6.10 Å². The van der Waals surface area contributed by atoms with Crippen molar-refractivity contribution in [2.75, 3.05) is 7.11 Å². The second-order valence-electron chi connectivity index (χ2n) is 7.67. The number of nitro groups is 1. The summed E-state index contributed by atoms with van der Waals surface area (Å²) in [7, 11) is 1.55. The Hall–Kier alpha value is -3.60. The van der Waals surface area contributed by atoms with Gasteiger partial charge in [0.1, 0.15) is 17.0 Å². The van der Waals surface area contributed by atoms with Crippen LogP contribution in [-0.4, -0.2) is 29.6 Å². The average molecular weight is 423 g/mol. The van der Waals surface area contributed by atoms with Gasteiger partial charge >= 0.3 is 0 Å². The van der Waals surface area contributed by atoms with Crippen LogP contribution in [0.4, 0.5) is 5.69 Å². The Labute approximate surface area is 180 Å². The first kappa shape index (κ1) is 22.1. The van der Waals surface area contributed by atoms with E-state index in [0.717, 1.165) is 19.3 Å². The van der Waals surface area contributed by atoms with Crippen LogP contribution < -0.4 is 14.8 Å². The maximum atomic E-state index is 12.8. The third kappa shape index (κ3) is 5.12. The maximum Gasteiger partial charge on any atom is 0.270 e. The van der Waals surface area contributed by atoms with Crippen LogP contribution in [0.3, 0.4) is 0 Å². The highest BCUT2D eigenvalue weighted by atomic mass is 16.6. The van der Waals surface area contributed by atoms with E-state index in [2.05, 4.69) is 11.4 Å². The van der Waals surface area contributed by atoms with Gasteiger partial charge in [-0.05, 0) is 43.5 Å². The lowest BCUT2D eigenvalue weighted by Crippen LogP contribution is -2.52. The van der Waals surface area contributed by atoms with E-state index in [-0.39, 0.29) is 11.6 Å². The fraction of sp³-hybridized carbons (Fsp3) is 0.391. The lowest BCUT2D eigenvalue weighted by Gasteiger charge is -2.32. The molecule has 8 heteroatoms. The van der Waals surface area contributed by atoms with Gasteiger partial charge in [0.25, 0.3) is 11.6 Å². The van der Waals surface area contributed by atoms with E-state index in [4.69, 9.17) is 9.47 Å². The highest BCUT2D eigenvalue weighted by Gasteiger charge is 2.35. The molecule has 8 nitrogen and oxygen atoms in total. The van der Waals surface area contributed by atoms with Crippen molar-refractivity contribution in [2.24, 2.45) is 0 Å². The van der Waals surface area contributed by atoms with Gasteiger partial charge in [-0.3, -0.25) is 14.9 Å². The molecule has 1 N–H and O–H groups in total. The van der Waals surface area contributed by atoms with Gasteiger partial charge in [0.2, 0.25) is 0 Å². The zero-order valence-corrected chi connectivity index (χ0v) is 17.6. The summed E-state index contributed by atoms with van der Waals surface area (Å²) in [6.07, 6.45) is 3.21. The molecule has 1 amide bonds. The topological polar surface area (TPSA) is 114 Å². The number of nitrogens with one attached hydrogen (secondary N) is 1. The molecule has 0 unspecified atom stereocenters. The number of nitriles is 1. The molecular formula is C23H25N3O5. The van der Waals surface area contributed by atoms with Gasteiger partial charge in [0, 0.05) is 17.7 Å². The SMILES string of the molecule is COc1ccc(-c2cc([N+](=O)[O-])ccc2O[C@H](C)C(=O)NC2(C#N)CCCCC2)cc1. The zero-order valence-electron chi connectivity index (χ0n) is 17.6. The highest BCUT2D eigenvalue weighted by molar-refractivity contribution is 5.82. The highest BCUT2D eigenvalue weighted by Crippen LogP contribution is 2.35. The minimum absolute atomic E-state index is 0.0825. The third-order valence-electron chi connectivity index (χ3n) is 5.53. The molecule has 0 aliphatic heterocycles. The summed E-state index contributed by atoms with van der Waals surface area (Å²) in [4.78, 5) is 23.6. The van der Waals surface area contributed by atoms with Gasteiger partial charge in [-0.2, -0.15) is 5.26 Å². The smallest absolute Gasteiger partial charge is 0.270 e. The lowest BCUT2D eigenvalue weighted by atomic mass is 9.83. The quantitative estimate of drug-likeness (QED) is 0.522. The van der Waals surface area contributed by atoms with Crippen LogP contribution in [0.1, 0.15) is 39.0 Å². The minimum Gasteiger partial charge on any atom is -0.497 e. The average Bonchev–Trinajstić information content (AvgIpc) is 2.79. The van der Waals surface area contributed by atoms with Gasteiger partial charge < -0.3 is 14.8 Å². The number of nitro benzene ring substituents is 1. The van der Waals surface area contributed by atoms with Crippen LogP contribution in [0.2, 0.25) is 0 Å². The first-order chi connectivity index (χ1) is 14.9. The van der Waals surface area contributed by atoms with Crippen LogP contribution in [0.15, 0.2) is 42.5 Å². The van der Waals surface area contributed by atoms with Crippen LogP contribution in [0.25, 0.3) is 11.1 Å². The number of methoxy groups -OCH3 is 1. The molecule has 0 bridgehead atoms. The van der Waals surface area contributed by atoms with Crippen molar-refractivity contribution < 1.29 is 19.2 Å². The van der Waals surface area contributed by atoms with Crippen molar-refractivity contribution in [1.82, 2.24) is 5.32 Å². The lowest BCUT2D eigenvalue weighted by molar-refractivity contribution is -0.384. The molecule has 1 aliphatic carbocycles. The normalized spacial score (nSPS) is 15.9. The maximum absolute atomic E-state index is 12.8. The van der Waals surface area contributed by atoms with Gasteiger partial charge in [-0.25, -0.2) is 0 Å². The third-order valence-corrected chi connectivity index (χ3v) is 5.53. The molecule has 0 radical (unpaired) electrons. The number of amides is 1. The predicted molar refractivity (Wildman–Crippen MR) is 115 cm³/mol. The van der Waals surface area contributed by atoms with Crippen LogP contribution in [0.5, 0.6) is 11.5 Å². The van der Waals surface area contributed by atoms with Crippen LogP contribution in [0, 0.1) is 21.4 Å². The molecule has 3 rings (SSSR count). The summed E-state index contributed by atoms with van der Waals surface area (Å²) in [5, 5.41) is 23.7. The molecule has 1 fully saturated rings. The molecule has 162 valence electrons. The number of nitrogens with zero attached hydrogens (tertiary/aromatic N) is 2. The number of hydrogen-bond donors (Lipinski definition) is 1. The molecule has 2 aromatic rings. The predicted octanol–water partition coefficient (Wildman–Crippen LogP) is 4.38. The fourth-order valence-electron chi connectivity index (χ4n) is 3.73. The van der Waals surface area contributed by atoms with Crippen molar-refractivity contribution in [3.05, 3.63) is 52.6 Å². The first-order valence-electron chi connectivity index (χ1n) is 10.2. The Morgan fingerprint density at radius 2 is 1.87 bits per heavy atom. The molecule has 0 heterocycles. The number of ether oxygens (including phenoxy) is 2.